The lowest BCUT2D eigenvalue weighted by molar-refractivity contribution is 0.0601. The fourth-order valence-corrected chi connectivity index (χ4v) is 2.43. The highest BCUT2D eigenvalue weighted by atomic mass is 79.9. The lowest BCUT2D eigenvalue weighted by atomic mass is 10.2. The van der Waals surface area contributed by atoms with E-state index < -0.39 is 5.97 Å². The van der Waals surface area contributed by atoms with E-state index in [-0.39, 0.29) is 5.82 Å². The van der Waals surface area contributed by atoms with Crippen molar-refractivity contribution in [2.75, 3.05) is 7.11 Å². The normalized spacial score (nSPS) is 10.8. The van der Waals surface area contributed by atoms with Crippen LogP contribution in [-0.2, 0) is 4.74 Å². The molecular weight excluding hydrogens is 339 g/mol. The average Bonchev–Trinajstić information content (AvgIpc) is 2.95. The van der Waals surface area contributed by atoms with Crippen molar-refractivity contribution in [3.63, 3.8) is 0 Å². The van der Waals surface area contributed by atoms with Gasteiger partial charge in [0, 0.05) is 5.69 Å². The summed E-state index contributed by atoms with van der Waals surface area (Å²) in [6.45, 7) is 0. The standard InChI is InChI=1S/C15H10BrFN2O2/c1-21-15(20)9-2-4-10(5-3-9)19-8-18-12-7-6-11(16)13(17)14(12)19/h2-8H,1H3. The Morgan fingerprint density at radius 1 is 1.24 bits per heavy atom. The van der Waals surface area contributed by atoms with Gasteiger partial charge in [0.1, 0.15) is 11.8 Å². The molecule has 3 aromatic rings. The monoisotopic (exact) mass is 348 g/mol. The number of fused-ring (bicyclic) bond motifs is 1. The minimum absolute atomic E-state index is 0.373. The Balaban J connectivity index is 2.12. The molecule has 1 aromatic heterocycles. The Hall–Kier alpha value is -2.21. The Kier molecular flexibility index (Phi) is 3.47. The van der Waals surface area contributed by atoms with E-state index in [1.165, 1.54) is 7.11 Å². The summed E-state index contributed by atoms with van der Waals surface area (Å²) >= 11 is 3.17. The number of nitrogens with zero attached hydrogens (tertiary/aromatic N) is 2. The van der Waals surface area contributed by atoms with Crippen LogP contribution in [0.5, 0.6) is 0 Å². The molecule has 0 radical (unpaired) electrons. The molecule has 21 heavy (non-hydrogen) atoms. The number of carbonyl (C=O) groups is 1. The topological polar surface area (TPSA) is 44.1 Å². The highest BCUT2D eigenvalue weighted by Gasteiger charge is 2.13. The number of imidazole rings is 1. The maximum absolute atomic E-state index is 14.3. The summed E-state index contributed by atoms with van der Waals surface area (Å²) in [6, 6.07) is 10.0. The average molecular weight is 349 g/mol. The molecule has 0 saturated heterocycles. The molecule has 0 fully saturated rings. The number of hydrogen-bond acceptors (Lipinski definition) is 3. The molecule has 0 amide bonds. The molecule has 4 nitrogen and oxygen atoms in total. The summed E-state index contributed by atoms with van der Waals surface area (Å²) in [5.74, 6) is -0.784. The van der Waals surface area contributed by atoms with Gasteiger partial charge in [0.05, 0.1) is 22.7 Å². The molecule has 0 spiro atoms. The maximum atomic E-state index is 14.3. The van der Waals surface area contributed by atoms with Gasteiger partial charge in [-0.05, 0) is 52.3 Å². The maximum Gasteiger partial charge on any atom is 0.337 e. The van der Waals surface area contributed by atoms with Crippen LogP contribution in [0.15, 0.2) is 47.2 Å². The Morgan fingerprint density at radius 2 is 1.95 bits per heavy atom. The molecule has 0 aliphatic carbocycles. The number of benzene rings is 2. The third-order valence-electron chi connectivity index (χ3n) is 3.17. The quantitative estimate of drug-likeness (QED) is 0.663. The van der Waals surface area contributed by atoms with Crippen molar-refractivity contribution >= 4 is 32.9 Å². The molecule has 0 N–H and O–H groups in total. The second-order valence-corrected chi connectivity index (χ2v) is 5.24. The number of halogens is 2. The molecule has 0 saturated carbocycles. The molecule has 1 heterocycles. The first kappa shape index (κ1) is 13.8. The molecule has 0 atom stereocenters. The van der Waals surface area contributed by atoms with Gasteiger partial charge >= 0.3 is 5.97 Å². The summed E-state index contributed by atoms with van der Waals surface area (Å²) in [5, 5.41) is 0. The van der Waals surface area contributed by atoms with Gasteiger partial charge in [0.15, 0.2) is 5.82 Å². The lowest BCUT2D eigenvalue weighted by Gasteiger charge is -2.06. The predicted molar refractivity (Wildman–Crippen MR) is 80.1 cm³/mol. The SMILES string of the molecule is COC(=O)c1ccc(-n2cnc3ccc(Br)c(F)c32)cc1. The van der Waals surface area contributed by atoms with E-state index in [0.717, 1.165) is 0 Å². The molecule has 0 aliphatic heterocycles. The van der Waals surface area contributed by atoms with Crippen molar-refractivity contribution in [2.24, 2.45) is 0 Å². The first-order valence-electron chi connectivity index (χ1n) is 6.11. The summed E-state index contributed by atoms with van der Waals surface area (Å²) in [4.78, 5) is 15.6. The Morgan fingerprint density at radius 3 is 2.62 bits per heavy atom. The Labute approximate surface area is 128 Å². The van der Waals surface area contributed by atoms with Gasteiger partial charge in [-0.3, -0.25) is 4.57 Å². The number of rotatable bonds is 2. The van der Waals surface area contributed by atoms with Crippen LogP contribution in [0.1, 0.15) is 10.4 Å². The minimum atomic E-state index is -0.411. The molecule has 0 unspecified atom stereocenters. The highest BCUT2D eigenvalue weighted by Crippen LogP contribution is 2.26. The van der Waals surface area contributed by atoms with Gasteiger partial charge < -0.3 is 4.74 Å². The van der Waals surface area contributed by atoms with Crippen LogP contribution in [-0.4, -0.2) is 22.6 Å². The molecule has 0 bridgehead atoms. The zero-order chi connectivity index (χ0) is 15.0. The van der Waals surface area contributed by atoms with Crippen molar-refractivity contribution in [3.8, 4) is 5.69 Å². The van der Waals surface area contributed by atoms with Gasteiger partial charge in [-0.2, -0.15) is 0 Å². The first-order valence-corrected chi connectivity index (χ1v) is 6.91. The van der Waals surface area contributed by atoms with Gasteiger partial charge in [-0.1, -0.05) is 0 Å². The van der Waals surface area contributed by atoms with Crippen molar-refractivity contribution in [1.29, 1.82) is 0 Å². The smallest absolute Gasteiger partial charge is 0.337 e. The fraction of sp³-hybridized carbons (Fsp3) is 0.0667. The second-order valence-electron chi connectivity index (χ2n) is 4.38. The van der Waals surface area contributed by atoms with E-state index in [4.69, 9.17) is 0 Å². The van der Waals surface area contributed by atoms with Crippen LogP contribution in [0.4, 0.5) is 4.39 Å². The third kappa shape index (κ3) is 2.31. The molecule has 6 heteroatoms. The number of ether oxygens (including phenoxy) is 1. The highest BCUT2D eigenvalue weighted by molar-refractivity contribution is 9.10. The van der Waals surface area contributed by atoms with Crippen LogP contribution >= 0.6 is 15.9 Å². The summed E-state index contributed by atoms with van der Waals surface area (Å²) in [7, 11) is 1.33. The molecule has 2 aromatic carbocycles. The van der Waals surface area contributed by atoms with Gasteiger partial charge in [-0.25, -0.2) is 14.2 Å². The predicted octanol–water partition coefficient (Wildman–Crippen LogP) is 3.71. The zero-order valence-electron chi connectivity index (χ0n) is 11.0. The third-order valence-corrected chi connectivity index (χ3v) is 3.78. The first-order chi connectivity index (χ1) is 10.1. The fourth-order valence-electron chi connectivity index (χ4n) is 2.11. The number of esters is 1. The number of hydrogen-bond donors (Lipinski definition) is 0. The number of methoxy groups -OCH3 is 1. The number of aromatic nitrogens is 2. The van der Waals surface area contributed by atoms with E-state index in [9.17, 15) is 9.18 Å². The summed E-state index contributed by atoms with van der Waals surface area (Å²) < 4.78 is 20.9. The lowest BCUT2D eigenvalue weighted by Crippen LogP contribution is -2.01. The van der Waals surface area contributed by atoms with Crippen LogP contribution in [0.3, 0.4) is 0 Å². The van der Waals surface area contributed by atoms with E-state index in [0.29, 0.717) is 26.8 Å². The van der Waals surface area contributed by atoms with Crippen LogP contribution in [0, 0.1) is 5.82 Å². The van der Waals surface area contributed by atoms with Crippen molar-refractivity contribution < 1.29 is 13.9 Å². The van der Waals surface area contributed by atoms with Crippen LogP contribution in [0.2, 0.25) is 0 Å². The largest absolute Gasteiger partial charge is 0.465 e. The van der Waals surface area contributed by atoms with E-state index in [2.05, 4.69) is 25.7 Å². The van der Waals surface area contributed by atoms with Gasteiger partial charge in [0.25, 0.3) is 0 Å². The zero-order valence-corrected chi connectivity index (χ0v) is 12.6. The summed E-state index contributed by atoms with van der Waals surface area (Å²) in [6.07, 6.45) is 1.55. The van der Waals surface area contributed by atoms with Crippen molar-refractivity contribution in [2.45, 2.75) is 0 Å². The minimum Gasteiger partial charge on any atom is -0.465 e. The van der Waals surface area contributed by atoms with Crippen molar-refractivity contribution in [3.05, 3.63) is 58.6 Å². The number of carbonyl (C=O) groups excluding carboxylic acids is 1. The molecule has 0 aliphatic rings. The van der Waals surface area contributed by atoms with E-state index in [1.54, 1.807) is 47.3 Å². The molecule has 106 valence electrons. The second kappa shape index (κ2) is 5.29. The van der Waals surface area contributed by atoms with Crippen LogP contribution < -0.4 is 0 Å². The van der Waals surface area contributed by atoms with E-state index in [1.807, 2.05) is 0 Å². The molecular formula is C15H10BrFN2O2. The van der Waals surface area contributed by atoms with Gasteiger partial charge in [-0.15, -0.1) is 0 Å². The van der Waals surface area contributed by atoms with Crippen LogP contribution in [0.25, 0.3) is 16.7 Å². The molecule has 3 rings (SSSR count). The van der Waals surface area contributed by atoms with E-state index >= 15 is 0 Å². The summed E-state index contributed by atoms with van der Waals surface area (Å²) in [5.41, 5.74) is 2.09. The Bertz CT molecular complexity index is 828. The van der Waals surface area contributed by atoms with Gasteiger partial charge in [0.2, 0.25) is 0 Å². The van der Waals surface area contributed by atoms with Crippen molar-refractivity contribution in [1.82, 2.24) is 9.55 Å².